The van der Waals surface area contributed by atoms with Gasteiger partial charge in [-0.1, -0.05) is 47.7 Å². The van der Waals surface area contributed by atoms with E-state index in [0.29, 0.717) is 12.3 Å². The van der Waals surface area contributed by atoms with Gasteiger partial charge in [0.2, 0.25) is 5.91 Å². The normalized spacial score (nSPS) is 16.0. The van der Waals surface area contributed by atoms with Gasteiger partial charge in [0, 0.05) is 18.7 Å². The number of hydrogen-bond donors (Lipinski definition) is 0. The molecule has 4 heteroatoms. The zero-order valence-corrected chi connectivity index (χ0v) is 12.0. The van der Waals surface area contributed by atoms with Crippen LogP contribution in [-0.2, 0) is 4.79 Å². The Balaban J connectivity index is 1.99. The Bertz CT molecular complexity index is 519. The second kappa shape index (κ2) is 6.06. The Hall–Kier alpha value is -1.55. The van der Waals surface area contributed by atoms with E-state index in [1.54, 1.807) is 0 Å². The molecule has 100 valence electrons. The number of benzene rings is 1. The Morgan fingerprint density at radius 2 is 2.05 bits per heavy atom. The van der Waals surface area contributed by atoms with Gasteiger partial charge in [-0.05, 0) is 25.0 Å². The molecule has 0 atom stereocenters. The summed E-state index contributed by atoms with van der Waals surface area (Å²) >= 11 is 1.21. The number of hydrogen-bond acceptors (Lipinski definition) is 3. The van der Waals surface area contributed by atoms with Crippen molar-refractivity contribution in [3.05, 3.63) is 41.5 Å². The van der Waals surface area contributed by atoms with Crippen molar-refractivity contribution in [2.75, 3.05) is 12.3 Å². The van der Waals surface area contributed by atoms with Crippen LogP contribution in [0.4, 0.5) is 4.79 Å². The molecule has 19 heavy (non-hydrogen) atoms. The lowest BCUT2D eigenvalue weighted by Crippen LogP contribution is -2.30. The molecule has 3 nitrogen and oxygen atoms in total. The summed E-state index contributed by atoms with van der Waals surface area (Å²) in [4.78, 5) is 24.6. The van der Waals surface area contributed by atoms with E-state index in [2.05, 4.69) is 12.1 Å². The third-order valence-corrected chi connectivity index (χ3v) is 4.01. The monoisotopic (exact) mass is 275 g/mol. The van der Waals surface area contributed by atoms with Crippen LogP contribution in [0.5, 0.6) is 0 Å². The molecule has 0 spiro atoms. The Morgan fingerprint density at radius 1 is 1.37 bits per heavy atom. The SMILES string of the molecule is C/C(=C\CC(=O)N1CCSC1=O)c1ccc(C)cc1. The first-order valence-electron chi connectivity index (χ1n) is 6.29. The number of imide groups is 1. The Morgan fingerprint density at radius 3 is 2.63 bits per heavy atom. The van der Waals surface area contributed by atoms with E-state index in [0.717, 1.165) is 11.1 Å². The highest BCUT2D eigenvalue weighted by atomic mass is 32.2. The summed E-state index contributed by atoms with van der Waals surface area (Å²) in [5, 5.41) is -0.119. The minimum absolute atomic E-state index is 0.110. The second-order valence-corrected chi connectivity index (χ2v) is 5.66. The maximum atomic E-state index is 11.9. The molecule has 2 rings (SSSR count). The van der Waals surface area contributed by atoms with E-state index in [4.69, 9.17) is 0 Å². The fraction of sp³-hybridized carbons (Fsp3) is 0.333. The van der Waals surface area contributed by atoms with Crippen LogP contribution in [0.15, 0.2) is 30.3 Å². The minimum Gasteiger partial charge on any atom is -0.274 e. The van der Waals surface area contributed by atoms with Crippen molar-refractivity contribution in [2.24, 2.45) is 0 Å². The summed E-state index contributed by atoms with van der Waals surface area (Å²) in [6, 6.07) is 8.19. The molecule has 0 N–H and O–H groups in total. The van der Waals surface area contributed by atoms with Crippen molar-refractivity contribution in [1.29, 1.82) is 0 Å². The molecule has 1 aliphatic heterocycles. The van der Waals surface area contributed by atoms with E-state index < -0.39 is 0 Å². The van der Waals surface area contributed by atoms with E-state index in [1.165, 1.54) is 22.2 Å². The number of carbonyl (C=O) groups excluding carboxylic acids is 2. The molecule has 0 unspecified atom stereocenters. The van der Waals surface area contributed by atoms with Crippen molar-refractivity contribution in [2.45, 2.75) is 20.3 Å². The number of aryl methyl sites for hydroxylation is 1. The topological polar surface area (TPSA) is 37.4 Å². The highest BCUT2D eigenvalue weighted by Crippen LogP contribution is 2.20. The van der Waals surface area contributed by atoms with Crippen LogP contribution in [-0.4, -0.2) is 28.3 Å². The van der Waals surface area contributed by atoms with Gasteiger partial charge in [-0.15, -0.1) is 0 Å². The van der Waals surface area contributed by atoms with Crippen LogP contribution in [0.3, 0.4) is 0 Å². The van der Waals surface area contributed by atoms with Gasteiger partial charge >= 0.3 is 0 Å². The number of amides is 2. The Kier molecular flexibility index (Phi) is 4.43. The standard InChI is InChI=1S/C15H17NO2S/c1-11-3-6-13(7-4-11)12(2)5-8-14(17)16-9-10-19-15(16)18/h3-7H,8-10H2,1-2H3/b12-5+. The number of allylic oxidation sites excluding steroid dienone is 1. The molecular formula is C15H17NO2S. The van der Waals surface area contributed by atoms with E-state index >= 15 is 0 Å². The fourth-order valence-corrected chi connectivity index (χ4v) is 2.70. The lowest BCUT2D eigenvalue weighted by molar-refractivity contribution is -0.126. The van der Waals surface area contributed by atoms with Crippen molar-refractivity contribution >= 4 is 28.5 Å². The number of thioether (sulfide) groups is 1. The summed E-state index contributed by atoms with van der Waals surface area (Å²) < 4.78 is 0. The van der Waals surface area contributed by atoms with Crippen LogP contribution < -0.4 is 0 Å². The van der Waals surface area contributed by atoms with Crippen LogP contribution in [0.25, 0.3) is 5.57 Å². The predicted octanol–water partition coefficient (Wildman–Crippen LogP) is 3.48. The summed E-state index contributed by atoms with van der Waals surface area (Å²) in [6.07, 6.45) is 2.18. The molecule has 1 aromatic carbocycles. The molecule has 0 radical (unpaired) electrons. The van der Waals surface area contributed by atoms with Gasteiger partial charge in [-0.2, -0.15) is 0 Å². The fourth-order valence-electron chi connectivity index (χ4n) is 1.90. The molecule has 0 saturated carbocycles. The molecule has 1 aromatic rings. The minimum atomic E-state index is -0.119. The lowest BCUT2D eigenvalue weighted by atomic mass is 10.0. The van der Waals surface area contributed by atoms with Gasteiger partial charge in [-0.25, -0.2) is 0 Å². The molecule has 0 aliphatic carbocycles. The summed E-state index contributed by atoms with van der Waals surface area (Å²) in [5.74, 6) is 0.604. The molecule has 1 heterocycles. The van der Waals surface area contributed by atoms with Crippen LogP contribution in [0.1, 0.15) is 24.5 Å². The predicted molar refractivity (Wildman–Crippen MR) is 79.0 cm³/mol. The summed E-state index contributed by atoms with van der Waals surface area (Å²) in [7, 11) is 0. The van der Waals surface area contributed by atoms with Gasteiger partial charge in [-0.3, -0.25) is 14.5 Å². The molecule has 2 amide bonds. The zero-order valence-electron chi connectivity index (χ0n) is 11.2. The highest BCUT2D eigenvalue weighted by Gasteiger charge is 2.26. The van der Waals surface area contributed by atoms with Gasteiger partial charge in [0.05, 0.1) is 0 Å². The highest BCUT2D eigenvalue weighted by molar-refractivity contribution is 8.13. The van der Waals surface area contributed by atoms with Gasteiger partial charge < -0.3 is 0 Å². The molecular weight excluding hydrogens is 258 g/mol. The van der Waals surface area contributed by atoms with E-state index in [1.807, 2.05) is 32.1 Å². The van der Waals surface area contributed by atoms with Gasteiger partial charge in [0.1, 0.15) is 0 Å². The average molecular weight is 275 g/mol. The van der Waals surface area contributed by atoms with Gasteiger partial charge in [0.15, 0.2) is 0 Å². The first-order chi connectivity index (χ1) is 9.08. The van der Waals surface area contributed by atoms with E-state index in [-0.39, 0.29) is 17.6 Å². The molecule has 1 saturated heterocycles. The molecule has 1 aliphatic rings. The van der Waals surface area contributed by atoms with Crippen molar-refractivity contribution in [3.63, 3.8) is 0 Å². The van der Waals surface area contributed by atoms with Crippen LogP contribution in [0, 0.1) is 6.92 Å². The zero-order chi connectivity index (χ0) is 13.8. The van der Waals surface area contributed by atoms with Crippen molar-refractivity contribution in [3.8, 4) is 0 Å². The largest absolute Gasteiger partial charge is 0.288 e. The first-order valence-corrected chi connectivity index (χ1v) is 7.27. The number of carbonyl (C=O) groups is 2. The third-order valence-electron chi connectivity index (χ3n) is 3.15. The number of nitrogens with zero attached hydrogens (tertiary/aromatic N) is 1. The summed E-state index contributed by atoms with van der Waals surface area (Å²) in [5.41, 5.74) is 3.39. The molecule has 0 bridgehead atoms. The second-order valence-electron chi connectivity index (χ2n) is 4.62. The molecule has 1 fully saturated rings. The number of rotatable bonds is 3. The van der Waals surface area contributed by atoms with Gasteiger partial charge in [0.25, 0.3) is 5.24 Å². The van der Waals surface area contributed by atoms with Crippen LogP contribution in [0.2, 0.25) is 0 Å². The first kappa shape index (κ1) is 13.9. The quantitative estimate of drug-likeness (QED) is 0.847. The van der Waals surface area contributed by atoms with E-state index in [9.17, 15) is 9.59 Å². The van der Waals surface area contributed by atoms with Crippen LogP contribution >= 0.6 is 11.8 Å². The van der Waals surface area contributed by atoms with Crippen molar-refractivity contribution in [1.82, 2.24) is 4.90 Å². The maximum absolute atomic E-state index is 11.9. The van der Waals surface area contributed by atoms with Crippen molar-refractivity contribution < 1.29 is 9.59 Å². The summed E-state index contributed by atoms with van der Waals surface area (Å²) in [6.45, 7) is 4.57. The third kappa shape index (κ3) is 3.47. The maximum Gasteiger partial charge on any atom is 0.288 e. The Labute approximate surface area is 117 Å². The smallest absolute Gasteiger partial charge is 0.274 e. The molecule has 0 aromatic heterocycles. The lowest BCUT2D eigenvalue weighted by Gasteiger charge is -2.11. The average Bonchev–Trinajstić information content (AvgIpc) is 2.83.